The van der Waals surface area contributed by atoms with Crippen molar-refractivity contribution in [3.05, 3.63) is 0 Å². The summed E-state index contributed by atoms with van der Waals surface area (Å²) in [5.74, 6) is -2.03. The molecule has 7 nitrogen and oxygen atoms in total. The van der Waals surface area contributed by atoms with E-state index in [1.807, 2.05) is 0 Å². The number of rotatable bonds is 6. The molecule has 1 aliphatic heterocycles. The van der Waals surface area contributed by atoms with E-state index in [0.717, 1.165) is 6.54 Å². The molecule has 1 aliphatic rings. The molecule has 0 saturated carbocycles. The van der Waals surface area contributed by atoms with E-state index in [2.05, 4.69) is 10.6 Å². The van der Waals surface area contributed by atoms with Gasteiger partial charge in [0.25, 0.3) is 0 Å². The van der Waals surface area contributed by atoms with Crippen molar-refractivity contribution < 1.29 is 19.5 Å². The fourth-order valence-corrected chi connectivity index (χ4v) is 1.89. The molecule has 7 heteroatoms. The van der Waals surface area contributed by atoms with E-state index in [4.69, 9.17) is 10.8 Å². The van der Waals surface area contributed by atoms with Gasteiger partial charge in [0.15, 0.2) is 0 Å². The zero-order valence-corrected chi connectivity index (χ0v) is 10.4. The largest absolute Gasteiger partial charge is 0.480 e. The summed E-state index contributed by atoms with van der Waals surface area (Å²) < 4.78 is 0. The molecular weight excluding hydrogens is 238 g/mol. The molecule has 0 aromatic carbocycles. The number of carboxylic acids is 1. The van der Waals surface area contributed by atoms with Gasteiger partial charge in [0.1, 0.15) is 6.04 Å². The molecule has 1 saturated heterocycles. The number of primary amides is 1. The summed E-state index contributed by atoms with van der Waals surface area (Å²) in [7, 11) is 0. The Labute approximate surface area is 105 Å². The van der Waals surface area contributed by atoms with Crippen LogP contribution in [-0.4, -0.2) is 42.0 Å². The van der Waals surface area contributed by atoms with Crippen molar-refractivity contribution in [2.45, 2.75) is 32.2 Å². The van der Waals surface area contributed by atoms with Crippen molar-refractivity contribution in [2.75, 3.05) is 13.1 Å². The summed E-state index contributed by atoms with van der Waals surface area (Å²) in [4.78, 5) is 33.6. The fraction of sp³-hybridized carbons (Fsp3) is 0.727. The number of hydrogen-bond donors (Lipinski definition) is 4. The minimum Gasteiger partial charge on any atom is -0.480 e. The second-order valence-electron chi connectivity index (χ2n) is 4.86. The molecule has 2 amide bonds. The second kappa shape index (κ2) is 5.81. The van der Waals surface area contributed by atoms with E-state index >= 15 is 0 Å². The average Bonchev–Trinajstić information content (AvgIpc) is 2.71. The Morgan fingerprint density at radius 2 is 2.17 bits per heavy atom. The zero-order valence-electron chi connectivity index (χ0n) is 10.4. The maximum absolute atomic E-state index is 12.0. The molecule has 1 rings (SSSR count). The monoisotopic (exact) mass is 257 g/mol. The van der Waals surface area contributed by atoms with Crippen LogP contribution in [0.15, 0.2) is 0 Å². The summed E-state index contributed by atoms with van der Waals surface area (Å²) in [6.45, 7) is 3.05. The average molecular weight is 257 g/mol. The molecule has 1 heterocycles. The lowest BCUT2D eigenvalue weighted by atomic mass is 9.88. The number of carbonyl (C=O) groups excluding carboxylic acids is 2. The van der Waals surface area contributed by atoms with Crippen LogP contribution in [0.3, 0.4) is 0 Å². The van der Waals surface area contributed by atoms with Crippen LogP contribution < -0.4 is 16.4 Å². The lowest BCUT2D eigenvalue weighted by Crippen LogP contribution is -2.48. The van der Waals surface area contributed by atoms with Gasteiger partial charge in [-0.1, -0.05) is 0 Å². The summed E-state index contributed by atoms with van der Waals surface area (Å²) in [5.41, 5.74) is 4.38. The summed E-state index contributed by atoms with van der Waals surface area (Å²) in [6, 6.07) is -1.07. The van der Waals surface area contributed by atoms with Gasteiger partial charge in [0.05, 0.1) is 5.41 Å². The van der Waals surface area contributed by atoms with Gasteiger partial charge in [-0.3, -0.25) is 9.59 Å². The first-order valence-electron chi connectivity index (χ1n) is 5.88. The molecule has 0 radical (unpaired) electrons. The number of carbonyl (C=O) groups is 3. The molecule has 18 heavy (non-hydrogen) atoms. The summed E-state index contributed by atoms with van der Waals surface area (Å²) in [6.07, 6.45) is 0.618. The molecule has 2 unspecified atom stereocenters. The Hall–Kier alpha value is -1.63. The highest BCUT2D eigenvalue weighted by atomic mass is 16.4. The highest BCUT2D eigenvalue weighted by Crippen LogP contribution is 2.24. The third-order valence-electron chi connectivity index (χ3n) is 3.20. The lowest BCUT2D eigenvalue weighted by Gasteiger charge is -2.24. The quantitative estimate of drug-likeness (QED) is 0.477. The summed E-state index contributed by atoms with van der Waals surface area (Å²) in [5, 5.41) is 14.5. The van der Waals surface area contributed by atoms with Crippen LogP contribution in [0.1, 0.15) is 26.2 Å². The van der Waals surface area contributed by atoms with Crippen molar-refractivity contribution >= 4 is 17.8 Å². The number of amides is 2. The van der Waals surface area contributed by atoms with Crippen LogP contribution in [0.5, 0.6) is 0 Å². The van der Waals surface area contributed by atoms with Crippen molar-refractivity contribution in [3.63, 3.8) is 0 Å². The third-order valence-corrected chi connectivity index (χ3v) is 3.20. The van der Waals surface area contributed by atoms with E-state index in [9.17, 15) is 14.4 Å². The predicted octanol–water partition coefficient (Wildman–Crippen LogP) is -1.18. The van der Waals surface area contributed by atoms with E-state index < -0.39 is 23.3 Å². The molecule has 5 N–H and O–H groups in total. The van der Waals surface area contributed by atoms with E-state index in [0.29, 0.717) is 13.0 Å². The van der Waals surface area contributed by atoms with E-state index in [1.165, 1.54) is 0 Å². The normalized spacial score (nSPS) is 24.5. The Kier molecular flexibility index (Phi) is 4.66. The van der Waals surface area contributed by atoms with Crippen molar-refractivity contribution in [1.82, 2.24) is 10.6 Å². The lowest BCUT2D eigenvalue weighted by molar-refractivity contribution is -0.143. The number of nitrogens with two attached hydrogens (primary N) is 1. The molecule has 0 aromatic rings. The number of carboxylic acid groups (broad SMARTS) is 1. The fourth-order valence-electron chi connectivity index (χ4n) is 1.89. The number of nitrogens with one attached hydrogen (secondary N) is 2. The first-order valence-corrected chi connectivity index (χ1v) is 5.88. The van der Waals surface area contributed by atoms with Crippen LogP contribution in [0.25, 0.3) is 0 Å². The molecule has 0 aromatic heterocycles. The van der Waals surface area contributed by atoms with E-state index in [-0.39, 0.29) is 18.7 Å². The maximum atomic E-state index is 12.0. The Morgan fingerprint density at radius 3 is 2.61 bits per heavy atom. The first-order chi connectivity index (χ1) is 8.35. The molecule has 1 fully saturated rings. The number of hydrogen-bond acceptors (Lipinski definition) is 4. The maximum Gasteiger partial charge on any atom is 0.326 e. The third kappa shape index (κ3) is 3.69. The number of aliphatic carboxylic acids is 1. The predicted molar refractivity (Wildman–Crippen MR) is 63.6 cm³/mol. The zero-order chi connectivity index (χ0) is 13.8. The van der Waals surface area contributed by atoms with Crippen LogP contribution in [0.4, 0.5) is 0 Å². The minimum absolute atomic E-state index is 0.0138. The van der Waals surface area contributed by atoms with Gasteiger partial charge in [-0.25, -0.2) is 4.79 Å². The van der Waals surface area contributed by atoms with Crippen molar-refractivity contribution in [2.24, 2.45) is 11.1 Å². The van der Waals surface area contributed by atoms with Gasteiger partial charge in [-0.2, -0.15) is 0 Å². The summed E-state index contributed by atoms with van der Waals surface area (Å²) >= 11 is 0. The van der Waals surface area contributed by atoms with Crippen LogP contribution in [-0.2, 0) is 14.4 Å². The molecular formula is C11H19N3O4. The second-order valence-corrected chi connectivity index (χ2v) is 4.86. The SMILES string of the molecule is CC1(C(=O)NC(CCC(N)=O)C(=O)O)CCNC1. The Balaban J connectivity index is 2.57. The van der Waals surface area contributed by atoms with Crippen LogP contribution >= 0.6 is 0 Å². The smallest absolute Gasteiger partial charge is 0.326 e. The molecule has 102 valence electrons. The highest BCUT2D eigenvalue weighted by molar-refractivity contribution is 5.88. The Bertz CT molecular complexity index is 350. The topological polar surface area (TPSA) is 122 Å². The Morgan fingerprint density at radius 1 is 1.50 bits per heavy atom. The first kappa shape index (κ1) is 14.4. The molecule has 0 spiro atoms. The van der Waals surface area contributed by atoms with Crippen LogP contribution in [0.2, 0.25) is 0 Å². The highest BCUT2D eigenvalue weighted by Gasteiger charge is 2.38. The van der Waals surface area contributed by atoms with Crippen LogP contribution in [0, 0.1) is 5.41 Å². The van der Waals surface area contributed by atoms with Gasteiger partial charge in [0.2, 0.25) is 11.8 Å². The molecule has 0 bridgehead atoms. The van der Waals surface area contributed by atoms with E-state index in [1.54, 1.807) is 6.92 Å². The standard InChI is InChI=1S/C11H19N3O4/c1-11(4-5-13-6-11)10(18)14-7(9(16)17)2-3-8(12)15/h7,13H,2-6H2,1H3,(H2,12,15)(H,14,18)(H,16,17). The van der Waals surface area contributed by atoms with Gasteiger partial charge in [0, 0.05) is 13.0 Å². The minimum atomic E-state index is -1.15. The van der Waals surface area contributed by atoms with Gasteiger partial charge in [-0.15, -0.1) is 0 Å². The molecule has 2 atom stereocenters. The van der Waals surface area contributed by atoms with Crippen molar-refractivity contribution in [1.29, 1.82) is 0 Å². The van der Waals surface area contributed by atoms with Gasteiger partial charge >= 0.3 is 5.97 Å². The van der Waals surface area contributed by atoms with Gasteiger partial charge in [-0.05, 0) is 26.3 Å². The van der Waals surface area contributed by atoms with Crippen molar-refractivity contribution in [3.8, 4) is 0 Å². The van der Waals surface area contributed by atoms with Gasteiger partial charge < -0.3 is 21.5 Å². The molecule has 0 aliphatic carbocycles.